The van der Waals surface area contributed by atoms with Crippen molar-refractivity contribution >= 4 is 29.9 Å². The Bertz CT molecular complexity index is 1010. The average molecular weight is 548 g/mol. The molecular formula is C23H29IN6O2. The van der Waals surface area contributed by atoms with Gasteiger partial charge in [0.25, 0.3) is 0 Å². The molecule has 0 saturated carbocycles. The summed E-state index contributed by atoms with van der Waals surface area (Å²) < 4.78 is 13.6. The molecule has 0 amide bonds. The van der Waals surface area contributed by atoms with Gasteiger partial charge in [-0.1, -0.05) is 30.3 Å². The molecule has 9 heteroatoms. The Morgan fingerprint density at radius 3 is 2.84 bits per heavy atom. The number of aryl methyl sites for hydroxylation is 1. The third kappa shape index (κ3) is 6.42. The zero-order chi connectivity index (χ0) is 21.5. The number of nitrogens with one attached hydrogen (secondary N) is 1. The summed E-state index contributed by atoms with van der Waals surface area (Å²) in [5.41, 5.74) is 3.27. The van der Waals surface area contributed by atoms with Gasteiger partial charge in [-0.3, -0.25) is 9.67 Å². The Hall–Kier alpha value is -2.66. The fraction of sp³-hybridized carbons (Fsp3) is 0.348. The molecule has 4 rings (SSSR count). The number of aromatic nitrogens is 3. The molecule has 32 heavy (non-hydrogen) atoms. The lowest BCUT2D eigenvalue weighted by molar-refractivity contribution is -0.00805. The molecule has 1 aliphatic heterocycles. The van der Waals surface area contributed by atoms with E-state index in [1.165, 1.54) is 0 Å². The maximum atomic E-state index is 5.94. The predicted octanol–water partition coefficient (Wildman–Crippen LogP) is 3.16. The molecule has 1 unspecified atom stereocenters. The number of nitrogens with zero attached hydrogens (tertiary/aromatic N) is 5. The van der Waals surface area contributed by atoms with Crippen molar-refractivity contribution in [2.24, 2.45) is 12.0 Å². The summed E-state index contributed by atoms with van der Waals surface area (Å²) in [5, 5.41) is 7.70. The Labute approximate surface area is 205 Å². The highest BCUT2D eigenvalue weighted by atomic mass is 127. The van der Waals surface area contributed by atoms with Gasteiger partial charge in [0, 0.05) is 51.2 Å². The number of benzene rings is 1. The monoisotopic (exact) mass is 548 g/mol. The van der Waals surface area contributed by atoms with Gasteiger partial charge in [-0.15, -0.1) is 24.0 Å². The van der Waals surface area contributed by atoms with Crippen molar-refractivity contribution in [3.05, 3.63) is 77.7 Å². The smallest absolute Gasteiger partial charge is 0.213 e. The summed E-state index contributed by atoms with van der Waals surface area (Å²) in [6, 6.07) is 14.0. The lowest BCUT2D eigenvalue weighted by Crippen LogP contribution is -2.47. The first-order chi connectivity index (χ1) is 15.2. The van der Waals surface area contributed by atoms with E-state index in [9.17, 15) is 0 Å². The first kappa shape index (κ1) is 24.0. The highest BCUT2D eigenvalue weighted by Gasteiger charge is 2.25. The number of guanidine groups is 1. The number of rotatable bonds is 6. The van der Waals surface area contributed by atoms with E-state index in [2.05, 4.69) is 25.3 Å². The number of morpholine rings is 1. The molecule has 2 aromatic heterocycles. The lowest BCUT2D eigenvalue weighted by Gasteiger charge is -2.34. The third-order valence-corrected chi connectivity index (χ3v) is 5.15. The van der Waals surface area contributed by atoms with Crippen LogP contribution in [-0.4, -0.2) is 52.4 Å². The summed E-state index contributed by atoms with van der Waals surface area (Å²) in [7, 11) is 3.72. The topological polar surface area (TPSA) is 76.8 Å². The van der Waals surface area contributed by atoms with E-state index in [1.54, 1.807) is 17.9 Å². The van der Waals surface area contributed by atoms with Gasteiger partial charge in [-0.2, -0.15) is 5.10 Å². The summed E-state index contributed by atoms with van der Waals surface area (Å²) in [5.74, 6) is 1.46. The van der Waals surface area contributed by atoms with Crippen LogP contribution in [0.3, 0.4) is 0 Å². The Balaban J connectivity index is 0.00000289. The summed E-state index contributed by atoms with van der Waals surface area (Å²) >= 11 is 0. The van der Waals surface area contributed by atoms with E-state index in [1.807, 2.05) is 61.9 Å². The fourth-order valence-electron chi connectivity index (χ4n) is 3.53. The van der Waals surface area contributed by atoms with Gasteiger partial charge in [-0.05, 0) is 17.2 Å². The molecular weight excluding hydrogens is 519 g/mol. The van der Waals surface area contributed by atoms with Crippen LogP contribution >= 0.6 is 24.0 Å². The molecule has 1 N–H and O–H groups in total. The highest BCUT2D eigenvalue weighted by molar-refractivity contribution is 14.0. The molecule has 0 radical (unpaired) electrons. The number of halogens is 1. The van der Waals surface area contributed by atoms with E-state index >= 15 is 0 Å². The second-order valence-electron chi connectivity index (χ2n) is 7.43. The SMILES string of the molecule is CN=C(NCc1ccnc(OCc2ccccc2)c1)N1CCOC(c2cnn(C)c2)C1.I. The quantitative estimate of drug-likeness (QED) is 0.290. The van der Waals surface area contributed by atoms with E-state index in [0.717, 1.165) is 35.7 Å². The van der Waals surface area contributed by atoms with E-state index in [4.69, 9.17) is 9.47 Å². The van der Waals surface area contributed by atoms with Gasteiger partial charge in [0.2, 0.25) is 5.88 Å². The Morgan fingerprint density at radius 1 is 1.25 bits per heavy atom. The minimum Gasteiger partial charge on any atom is -0.473 e. The zero-order valence-electron chi connectivity index (χ0n) is 18.3. The molecule has 1 fully saturated rings. The number of hydrogen-bond donors (Lipinski definition) is 1. The first-order valence-electron chi connectivity index (χ1n) is 10.4. The largest absolute Gasteiger partial charge is 0.473 e. The van der Waals surface area contributed by atoms with Gasteiger partial charge in [0.05, 0.1) is 19.3 Å². The lowest BCUT2D eigenvalue weighted by atomic mass is 10.1. The molecule has 0 bridgehead atoms. The number of ether oxygens (including phenoxy) is 2. The molecule has 170 valence electrons. The van der Waals surface area contributed by atoms with E-state index in [-0.39, 0.29) is 30.1 Å². The third-order valence-electron chi connectivity index (χ3n) is 5.15. The van der Waals surface area contributed by atoms with Crippen LogP contribution in [0.4, 0.5) is 0 Å². The first-order valence-corrected chi connectivity index (χ1v) is 10.4. The van der Waals surface area contributed by atoms with Crippen LogP contribution in [0.1, 0.15) is 22.8 Å². The summed E-state index contributed by atoms with van der Waals surface area (Å²) in [6.07, 6.45) is 5.61. The molecule has 3 aromatic rings. The van der Waals surface area contributed by atoms with Gasteiger partial charge < -0.3 is 19.7 Å². The van der Waals surface area contributed by atoms with Gasteiger partial charge >= 0.3 is 0 Å². The molecule has 0 aliphatic carbocycles. The van der Waals surface area contributed by atoms with E-state index < -0.39 is 0 Å². The highest BCUT2D eigenvalue weighted by Crippen LogP contribution is 2.21. The molecule has 1 aromatic carbocycles. The van der Waals surface area contributed by atoms with Crippen molar-refractivity contribution in [2.45, 2.75) is 19.3 Å². The van der Waals surface area contributed by atoms with Crippen molar-refractivity contribution in [2.75, 3.05) is 26.7 Å². The molecule has 1 aliphatic rings. The average Bonchev–Trinajstić information content (AvgIpc) is 3.26. The standard InChI is InChI=1S/C23H28N6O2.HI/c1-24-23(29-10-11-30-21(16-29)20-14-27-28(2)15-20)26-13-19-8-9-25-22(12-19)31-17-18-6-4-3-5-7-18;/h3-9,12,14-15,21H,10-11,13,16-17H2,1-2H3,(H,24,26);1H. The fourth-order valence-corrected chi connectivity index (χ4v) is 3.53. The van der Waals surface area contributed by atoms with Crippen molar-refractivity contribution in [1.29, 1.82) is 0 Å². The van der Waals surface area contributed by atoms with Crippen molar-refractivity contribution in [1.82, 2.24) is 25.0 Å². The Kier molecular flexibility index (Phi) is 8.86. The minimum atomic E-state index is -0.0140. The van der Waals surface area contributed by atoms with Crippen molar-refractivity contribution in [3.63, 3.8) is 0 Å². The van der Waals surface area contributed by atoms with Crippen LogP contribution in [0, 0.1) is 0 Å². The number of pyridine rings is 1. The normalized spacial score (nSPS) is 16.4. The second kappa shape index (κ2) is 11.8. The Morgan fingerprint density at radius 2 is 2.09 bits per heavy atom. The minimum absolute atomic E-state index is 0. The van der Waals surface area contributed by atoms with Crippen LogP contribution in [0.5, 0.6) is 5.88 Å². The van der Waals surface area contributed by atoms with Crippen LogP contribution in [0.25, 0.3) is 0 Å². The molecule has 3 heterocycles. The van der Waals surface area contributed by atoms with Crippen molar-refractivity contribution in [3.8, 4) is 5.88 Å². The van der Waals surface area contributed by atoms with Gasteiger partial charge in [0.15, 0.2) is 5.96 Å². The molecule has 0 spiro atoms. The number of aliphatic imine (C=N–C) groups is 1. The van der Waals surface area contributed by atoms with Gasteiger partial charge in [0.1, 0.15) is 12.7 Å². The zero-order valence-corrected chi connectivity index (χ0v) is 20.7. The van der Waals surface area contributed by atoms with Crippen LogP contribution in [0.2, 0.25) is 0 Å². The number of hydrogen-bond acceptors (Lipinski definition) is 5. The second-order valence-corrected chi connectivity index (χ2v) is 7.43. The molecule has 1 saturated heterocycles. The summed E-state index contributed by atoms with van der Waals surface area (Å²) in [4.78, 5) is 11.0. The van der Waals surface area contributed by atoms with Crippen LogP contribution in [0.15, 0.2) is 66.0 Å². The van der Waals surface area contributed by atoms with Crippen molar-refractivity contribution < 1.29 is 9.47 Å². The van der Waals surface area contributed by atoms with Crippen LogP contribution < -0.4 is 10.1 Å². The molecule has 1 atom stereocenters. The van der Waals surface area contributed by atoms with Crippen LogP contribution in [-0.2, 0) is 24.9 Å². The van der Waals surface area contributed by atoms with Gasteiger partial charge in [-0.25, -0.2) is 4.98 Å². The maximum Gasteiger partial charge on any atom is 0.213 e. The predicted molar refractivity (Wildman–Crippen MR) is 134 cm³/mol. The maximum absolute atomic E-state index is 5.94. The van der Waals surface area contributed by atoms with E-state index in [0.29, 0.717) is 25.6 Å². The summed E-state index contributed by atoms with van der Waals surface area (Å²) in [6.45, 7) is 3.29. The molecule has 8 nitrogen and oxygen atoms in total.